The van der Waals surface area contributed by atoms with Crippen LogP contribution >= 0.6 is 0 Å². The molecule has 2 bridgehead atoms. The third-order valence-corrected chi connectivity index (χ3v) is 9.04. The van der Waals surface area contributed by atoms with E-state index in [4.69, 9.17) is 4.42 Å². The molecule has 0 aliphatic carbocycles. The topological polar surface area (TPSA) is 125 Å². The lowest BCUT2D eigenvalue weighted by Crippen LogP contribution is -2.53. The number of benzene rings is 1. The molecule has 3 aliphatic heterocycles. The highest BCUT2D eigenvalue weighted by molar-refractivity contribution is 7.89. The predicted molar refractivity (Wildman–Crippen MR) is 115 cm³/mol. The van der Waals surface area contributed by atoms with Crippen molar-refractivity contribution in [3.8, 4) is 0 Å². The van der Waals surface area contributed by atoms with Crippen molar-refractivity contribution in [3.63, 3.8) is 0 Å². The third kappa shape index (κ3) is 4.16. The minimum absolute atomic E-state index is 0.0408. The zero-order valence-electron chi connectivity index (χ0n) is 17.3. The molecular formula is C21H28N4O5S. The first kappa shape index (κ1) is 20.7. The Morgan fingerprint density at radius 2 is 1.84 bits per heavy atom. The molecule has 10 heteroatoms. The highest BCUT2D eigenvalue weighted by Crippen LogP contribution is 2.39. The molecule has 0 saturated carbocycles. The number of sulfonamides is 1. The second-order valence-corrected chi connectivity index (χ2v) is 11.0. The molecule has 1 amide bonds. The maximum absolute atomic E-state index is 13.2. The van der Waals surface area contributed by atoms with Crippen LogP contribution in [0.1, 0.15) is 48.9 Å². The van der Waals surface area contributed by atoms with Crippen molar-refractivity contribution in [2.24, 2.45) is 5.92 Å². The van der Waals surface area contributed by atoms with Crippen molar-refractivity contribution in [1.29, 1.82) is 0 Å². The average Bonchev–Trinajstić information content (AvgIpc) is 3.24. The summed E-state index contributed by atoms with van der Waals surface area (Å²) in [6.45, 7) is 1.78. The van der Waals surface area contributed by atoms with Crippen LogP contribution in [-0.4, -0.2) is 60.6 Å². The summed E-state index contributed by atoms with van der Waals surface area (Å²) in [5.41, 5.74) is 1.31. The Kier molecular flexibility index (Phi) is 5.39. The Bertz CT molecular complexity index is 1120. The van der Waals surface area contributed by atoms with Gasteiger partial charge in [-0.1, -0.05) is 0 Å². The van der Waals surface area contributed by atoms with E-state index in [0.717, 1.165) is 38.8 Å². The summed E-state index contributed by atoms with van der Waals surface area (Å²) < 4.78 is 33.1. The fourth-order valence-electron chi connectivity index (χ4n) is 5.49. The number of carbonyl (C=O) groups excluding carboxylic acids is 1. The van der Waals surface area contributed by atoms with Gasteiger partial charge in [0, 0.05) is 23.7 Å². The minimum atomic E-state index is -3.30. The molecular weight excluding hydrogens is 420 g/mol. The first-order chi connectivity index (χ1) is 14.9. The molecule has 3 fully saturated rings. The van der Waals surface area contributed by atoms with Gasteiger partial charge in [0.25, 0.3) is 5.91 Å². The Hall–Kier alpha value is -2.17. The van der Waals surface area contributed by atoms with Gasteiger partial charge in [0.05, 0.1) is 11.3 Å². The zero-order valence-corrected chi connectivity index (χ0v) is 18.1. The van der Waals surface area contributed by atoms with Gasteiger partial charge in [0.15, 0.2) is 5.58 Å². The predicted octanol–water partition coefficient (Wildman–Crippen LogP) is 1.18. The molecule has 2 aromatic rings. The SMILES string of the molecule is O=C(NC1C[C@H]2CC[C@H](C1)N2S(=O)(=O)CC1CCNCC1)c1ccc2[nH]c(=O)oc2c1. The van der Waals surface area contributed by atoms with Gasteiger partial charge in [-0.05, 0) is 75.7 Å². The normalized spacial score (nSPS) is 27.5. The quantitative estimate of drug-likeness (QED) is 0.631. The lowest BCUT2D eigenvalue weighted by molar-refractivity contribution is 0.0909. The highest BCUT2D eigenvalue weighted by atomic mass is 32.2. The number of oxazole rings is 1. The van der Waals surface area contributed by atoms with Crippen LogP contribution < -0.4 is 16.4 Å². The number of hydrogen-bond acceptors (Lipinski definition) is 6. The molecule has 0 unspecified atom stereocenters. The minimum Gasteiger partial charge on any atom is -0.408 e. The summed E-state index contributed by atoms with van der Waals surface area (Å²) in [6, 6.07) is 4.70. The number of rotatable bonds is 5. The number of nitrogens with one attached hydrogen (secondary N) is 3. The highest BCUT2D eigenvalue weighted by Gasteiger charge is 2.47. The summed E-state index contributed by atoms with van der Waals surface area (Å²) in [6.07, 6.45) is 4.79. The molecule has 0 spiro atoms. The second-order valence-electron chi connectivity index (χ2n) is 9.05. The van der Waals surface area contributed by atoms with Crippen molar-refractivity contribution >= 4 is 27.0 Å². The molecule has 2 atom stereocenters. The summed E-state index contributed by atoms with van der Waals surface area (Å²) in [4.78, 5) is 26.6. The fraction of sp³-hybridized carbons (Fsp3) is 0.619. The number of fused-ring (bicyclic) bond motifs is 3. The van der Waals surface area contributed by atoms with Crippen LogP contribution in [0.3, 0.4) is 0 Å². The standard InChI is InChI=1S/C21H28N4O5S/c26-20(14-1-4-18-19(9-14)30-21(27)24-18)23-15-10-16-2-3-17(11-15)25(16)31(28,29)12-13-5-7-22-8-6-13/h1,4,9,13,15-17,22H,2-3,5-8,10-12H2,(H,23,26)(H,24,27)/t16-,17-/m1/s1. The number of aromatic amines is 1. The van der Waals surface area contributed by atoms with Crippen molar-refractivity contribution < 1.29 is 17.6 Å². The first-order valence-electron chi connectivity index (χ1n) is 11.0. The number of piperidine rings is 2. The summed E-state index contributed by atoms with van der Waals surface area (Å²) in [5, 5.41) is 6.35. The largest absolute Gasteiger partial charge is 0.417 e. The monoisotopic (exact) mass is 448 g/mol. The maximum Gasteiger partial charge on any atom is 0.417 e. The Labute approximate surface area is 180 Å². The maximum atomic E-state index is 13.2. The molecule has 3 aliphatic rings. The van der Waals surface area contributed by atoms with Crippen molar-refractivity contribution in [1.82, 2.24) is 19.9 Å². The van der Waals surface area contributed by atoms with Gasteiger partial charge >= 0.3 is 5.76 Å². The van der Waals surface area contributed by atoms with Crippen LogP contribution in [0.2, 0.25) is 0 Å². The van der Waals surface area contributed by atoms with Gasteiger partial charge in [-0.3, -0.25) is 9.78 Å². The van der Waals surface area contributed by atoms with Crippen LogP contribution in [-0.2, 0) is 10.0 Å². The number of carbonyl (C=O) groups is 1. The molecule has 168 valence electrons. The van der Waals surface area contributed by atoms with Gasteiger partial charge in [-0.25, -0.2) is 13.2 Å². The van der Waals surface area contributed by atoms with Crippen LogP contribution in [0.5, 0.6) is 0 Å². The lowest BCUT2D eigenvalue weighted by Gasteiger charge is -2.39. The number of amides is 1. The number of aromatic nitrogens is 1. The molecule has 9 nitrogen and oxygen atoms in total. The molecule has 3 saturated heterocycles. The van der Waals surface area contributed by atoms with Crippen molar-refractivity contribution in [2.45, 2.75) is 56.7 Å². The van der Waals surface area contributed by atoms with Crippen LogP contribution in [0.4, 0.5) is 0 Å². The number of H-pyrrole nitrogens is 1. The Morgan fingerprint density at radius 3 is 2.55 bits per heavy atom. The van der Waals surface area contributed by atoms with E-state index in [2.05, 4.69) is 15.6 Å². The number of nitrogens with zero attached hydrogens (tertiary/aromatic N) is 1. The summed E-state index contributed by atoms with van der Waals surface area (Å²) >= 11 is 0. The lowest BCUT2D eigenvalue weighted by atomic mass is 9.99. The van der Waals surface area contributed by atoms with Crippen LogP contribution in [0, 0.1) is 5.92 Å². The summed E-state index contributed by atoms with van der Waals surface area (Å²) in [5.74, 6) is -0.324. The third-order valence-electron chi connectivity index (χ3n) is 6.91. The van der Waals surface area contributed by atoms with Gasteiger partial charge in [-0.15, -0.1) is 0 Å². The molecule has 1 aromatic carbocycles. The van der Waals surface area contributed by atoms with Crippen molar-refractivity contribution in [3.05, 3.63) is 34.3 Å². The van der Waals surface area contributed by atoms with Gasteiger partial charge in [0.1, 0.15) is 0 Å². The molecule has 3 N–H and O–H groups in total. The zero-order chi connectivity index (χ0) is 21.6. The van der Waals surface area contributed by atoms with E-state index in [1.165, 1.54) is 0 Å². The van der Waals surface area contributed by atoms with E-state index in [1.54, 1.807) is 22.5 Å². The smallest absolute Gasteiger partial charge is 0.408 e. The first-order valence-corrected chi connectivity index (χ1v) is 12.7. The van der Waals surface area contributed by atoms with Gasteiger partial charge in [-0.2, -0.15) is 4.31 Å². The van der Waals surface area contributed by atoms with Gasteiger partial charge < -0.3 is 15.1 Å². The molecule has 4 heterocycles. The average molecular weight is 449 g/mol. The number of hydrogen-bond donors (Lipinski definition) is 3. The second kappa shape index (κ2) is 8.07. The molecule has 5 rings (SSSR count). The van der Waals surface area contributed by atoms with E-state index < -0.39 is 15.8 Å². The van der Waals surface area contributed by atoms with Gasteiger partial charge in [0.2, 0.25) is 10.0 Å². The van der Waals surface area contributed by atoms with E-state index in [0.29, 0.717) is 29.5 Å². The van der Waals surface area contributed by atoms with Crippen molar-refractivity contribution in [2.75, 3.05) is 18.8 Å². The fourth-order valence-corrected chi connectivity index (χ4v) is 7.89. The van der Waals surface area contributed by atoms with E-state index >= 15 is 0 Å². The molecule has 0 radical (unpaired) electrons. The molecule has 1 aromatic heterocycles. The van der Waals surface area contributed by atoms with E-state index in [9.17, 15) is 18.0 Å². The van der Waals surface area contributed by atoms with Crippen LogP contribution in [0.25, 0.3) is 11.1 Å². The Balaban J connectivity index is 1.24. The summed E-state index contributed by atoms with van der Waals surface area (Å²) in [7, 11) is -3.30. The van der Waals surface area contributed by atoms with E-state index in [1.807, 2.05) is 0 Å². The van der Waals surface area contributed by atoms with E-state index in [-0.39, 0.29) is 35.7 Å². The Morgan fingerprint density at radius 1 is 1.13 bits per heavy atom. The molecule has 31 heavy (non-hydrogen) atoms. The van der Waals surface area contributed by atoms with Crippen LogP contribution in [0.15, 0.2) is 27.4 Å².